The summed E-state index contributed by atoms with van der Waals surface area (Å²) in [4.78, 5) is 8.36. The SMILES string of the molecule is CC(C)CN1CN=Cc2cc(Cc3cccc4ccccc34)sc21. The number of anilines is 1. The average molecular weight is 334 g/mol. The molecular weight excluding hydrogens is 312 g/mol. The maximum absolute atomic E-state index is 4.53. The number of fused-ring (bicyclic) bond motifs is 2. The van der Waals surface area contributed by atoms with Gasteiger partial charge in [0, 0.05) is 29.6 Å². The second-order valence-electron chi connectivity index (χ2n) is 6.86. The number of aliphatic imine (C=N–C) groups is 1. The molecule has 2 heterocycles. The van der Waals surface area contributed by atoms with Gasteiger partial charge in [0.2, 0.25) is 0 Å². The maximum atomic E-state index is 4.53. The smallest absolute Gasteiger partial charge is 0.110 e. The quantitative estimate of drug-likeness (QED) is 0.628. The van der Waals surface area contributed by atoms with Crippen molar-refractivity contribution in [2.75, 3.05) is 18.1 Å². The number of nitrogens with zero attached hydrogens (tertiary/aromatic N) is 2. The lowest BCUT2D eigenvalue weighted by Gasteiger charge is -2.26. The molecule has 0 saturated heterocycles. The summed E-state index contributed by atoms with van der Waals surface area (Å²) < 4.78 is 0. The molecule has 2 nitrogen and oxygen atoms in total. The van der Waals surface area contributed by atoms with E-state index >= 15 is 0 Å². The van der Waals surface area contributed by atoms with Gasteiger partial charge in [0.25, 0.3) is 0 Å². The third kappa shape index (κ3) is 2.96. The first-order valence-corrected chi connectivity index (χ1v) is 9.36. The molecule has 24 heavy (non-hydrogen) atoms. The minimum Gasteiger partial charge on any atom is -0.343 e. The first-order valence-electron chi connectivity index (χ1n) is 8.55. The van der Waals surface area contributed by atoms with Crippen molar-refractivity contribution in [1.82, 2.24) is 0 Å². The van der Waals surface area contributed by atoms with Crippen LogP contribution in [0.25, 0.3) is 10.8 Å². The van der Waals surface area contributed by atoms with Crippen LogP contribution in [0, 0.1) is 5.92 Å². The Hall–Kier alpha value is -2.13. The van der Waals surface area contributed by atoms with Crippen molar-refractivity contribution in [3.05, 3.63) is 64.5 Å². The molecule has 0 fully saturated rings. The highest BCUT2D eigenvalue weighted by Gasteiger charge is 2.19. The van der Waals surface area contributed by atoms with Crippen molar-refractivity contribution in [1.29, 1.82) is 0 Å². The summed E-state index contributed by atoms with van der Waals surface area (Å²) in [5.74, 6) is 0.648. The summed E-state index contributed by atoms with van der Waals surface area (Å²) in [5, 5.41) is 4.06. The zero-order valence-corrected chi connectivity index (χ0v) is 15.0. The Kier molecular flexibility index (Phi) is 4.11. The molecule has 0 bridgehead atoms. The second kappa shape index (κ2) is 6.40. The Labute approximate surface area is 147 Å². The predicted octanol–water partition coefficient (Wildman–Crippen LogP) is 5.34. The Morgan fingerprint density at radius 3 is 2.83 bits per heavy atom. The van der Waals surface area contributed by atoms with Crippen molar-refractivity contribution < 1.29 is 0 Å². The van der Waals surface area contributed by atoms with Crippen molar-refractivity contribution >= 4 is 33.3 Å². The van der Waals surface area contributed by atoms with Gasteiger partial charge in [-0.3, -0.25) is 4.99 Å². The summed E-state index contributed by atoms with van der Waals surface area (Å²) in [6.45, 7) is 6.39. The molecular formula is C21H22N2S. The molecule has 0 aliphatic carbocycles. The van der Waals surface area contributed by atoms with E-state index in [1.807, 2.05) is 17.6 Å². The van der Waals surface area contributed by atoms with Gasteiger partial charge in [-0.2, -0.15) is 0 Å². The van der Waals surface area contributed by atoms with Gasteiger partial charge in [-0.1, -0.05) is 56.3 Å². The van der Waals surface area contributed by atoms with E-state index in [2.05, 4.69) is 72.3 Å². The van der Waals surface area contributed by atoms with Crippen LogP contribution < -0.4 is 4.90 Å². The lowest BCUT2D eigenvalue weighted by Crippen LogP contribution is -2.29. The number of hydrogen-bond acceptors (Lipinski definition) is 3. The molecule has 4 rings (SSSR count). The summed E-state index contributed by atoms with van der Waals surface area (Å²) in [6, 6.07) is 17.6. The molecule has 2 aromatic carbocycles. The van der Waals surface area contributed by atoms with Gasteiger partial charge in [-0.25, -0.2) is 0 Å². The van der Waals surface area contributed by atoms with Crippen LogP contribution in [0.3, 0.4) is 0 Å². The van der Waals surface area contributed by atoms with Gasteiger partial charge in [-0.15, -0.1) is 11.3 Å². The van der Waals surface area contributed by atoms with Crippen LogP contribution in [0.4, 0.5) is 5.00 Å². The lowest BCUT2D eigenvalue weighted by molar-refractivity contribution is 0.616. The first kappa shape index (κ1) is 15.4. The monoisotopic (exact) mass is 334 g/mol. The van der Waals surface area contributed by atoms with Crippen LogP contribution in [0.5, 0.6) is 0 Å². The molecule has 122 valence electrons. The lowest BCUT2D eigenvalue weighted by atomic mass is 10.0. The molecule has 0 spiro atoms. The fourth-order valence-electron chi connectivity index (χ4n) is 3.39. The van der Waals surface area contributed by atoms with E-state index in [1.165, 1.54) is 31.8 Å². The summed E-state index contributed by atoms with van der Waals surface area (Å²) in [5.41, 5.74) is 2.68. The minimum atomic E-state index is 0.648. The Morgan fingerprint density at radius 2 is 1.96 bits per heavy atom. The van der Waals surface area contributed by atoms with E-state index in [4.69, 9.17) is 0 Å². The van der Waals surface area contributed by atoms with Gasteiger partial charge in [0.15, 0.2) is 0 Å². The number of benzene rings is 2. The first-order chi connectivity index (χ1) is 11.7. The zero-order chi connectivity index (χ0) is 16.5. The Morgan fingerprint density at radius 1 is 1.12 bits per heavy atom. The number of rotatable bonds is 4. The Balaban J connectivity index is 1.66. The van der Waals surface area contributed by atoms with Crippen LogP contribution in [-0.4, -0.2) is 19.4 Å². The molecule has 0 saturated carbocycles. The average Bonchev–Trinajstić information content (AvgIpc) is 2.98. The molecule has 1 aromatic heterocycles. The van der Waals surface area contributed by atoms with Crippen molar-refractivity contribution in [3.8, 4) is 0 Å². The number of thiophene rings is 1. The molecule has 0 N–H and O–H groups in total. The highest BCUT2D eigenvalue weighted by molar-refractivity contribution is 7.16. The topological polar surface area (TPSA) is 15.6 Å². The molecule has 0 amide bonds. The Bertz CT molecular complexity index is 886. The summed E-state index contributed by atoms with van der Waals surface area (Å²) in [6.07, 6.45) is 3.03. The van der Waals surface area contributed by atoms with Gasteiger partial charge in [-0.05, 0) is 28.3 Å². The third-order valence-corrected chi connectivity index (χ3v) is 5.60. The van der Waals surface area contributed by atoms with Crippen molar-refractivity contribution in [3.63, 3.8) is 0 Å². The molecule has 0 unspecified atom stereocenters. The standard InChI is InChI=1S/C21H22N2S/c1-15(2)13-23-14-22-12-18-11-19(24-21(18)23)10-17-8-5-7-16-6-3-4-9-20(16)17/h3-9,11-12,15H,10,13-14H2,1-2H3. The minimum absolute atomic E-state index is 0.648. The van der Waals surface area contributed by atoms with Crippen LogP contribution in [0.1, 0.15) is 29.9 Å². The normalized spacial score (nSPS) is 13.7. The summed E-state index contributed by atoms with van der Waals surface area (Å²) in [7, 11) is 0. The van der Waals surface area contributed by atoms with Gasteiger partial charge in [0.1, 0.15) is 11.7 Å². The highest BCUT2D eigenvalue weighted by atomic mass is 32.1. The van der Waals surface area contributed by atoms with Crippen LogP contribution in [0.2, 0.25) is 0 Å². The largest absolute Gasteiger partial charge is 0.343 e. The van der Waals surface area contributed by atoms with E-state index in [0.29, 0.717) is 5.92 Å². The van der Waals surface area contributed by atoms with Gasteiger partial charge < -0.3 is 4.90 Å². The van der Waals surface area contributed by atoms with E-state index < -0.39 is 0 Å². The molecule has 3 aromatic rings. The fourth-order valence-corrected chi connectivity index (χ4v) is 4.54. The van der Waals surface area contributed by atoms with Crippen LogP contribution in [-0.2, 0) is 6.42 Å². The summed E-state index contributed by atoms with van der Waals surface area (Å²) >= 11 is 1.92. The molecule has 1 aliphatic rings. The van der Waals surface area contributed by atoms with Gasteiger partial charge >= 0.3 is 0 Å². The van der Waals surface area contributed by atoms with Gasteiger partial charge in [0.05, 0.1) is 0 Å². The third-order valence-electron chi connectivity index (χ3n) is 4.39. The van der Waals surface area contributed by atoms with E-state index in [1.54, 1.807) is 0 Å². The van der Waals surface area contributed by atoms with E-state index in [9.17, 15) is 0 Å². The zero-order valence-electron chi connectivity index (χ0n) is 14.2. The molecule has 0 radical (unpaired) electrons. The number of hydrogen-bond donors (Lipinski definition) is 0. The van der Waals surface area contributed by atoms with Crippen LogP contribution in [0.15, 0.2) is 53.5 Å². The molecule has 3 heteroatoms. The molecule has 1 aliphatic heterocycles. The maximum Gasteiger partial charge on any atom is 0.110 e. The fraction of sp³-hybridized carbons (Fsp3) is 0.286. The predicted molar refractivity (Wildman–Crippen MR) is 106 cm³/mol. The van der Waals surface area contributed by atoms with E-state index in [-0.39, 0.29) is 0 Å². The van der Waals surface area contributed by atoms with Crippen LogP contribution >= 0.6 is 11.3 Å². The molecule has 0 atom stereocenters. The van der Waals surface area contributed by atoms with Crippen molar-refractivity contribution in [2.24, 2.45) is 10.9 Å². The second-order valence-corrected chi connectivity index (χ2v) is 7.97. The van der Waals surface area contributed by atoms with Crippen molar-refractivity contribution in [2.45, 2.75) is 20.3 Å². The highest BCUT2D eigenvalue weighted by Crippen LogP contribution is 2.35. The van der Waals surface area contributed by atoms with E-state index in [0.717, 1.165) is 19.6 Å².